The Morgan fingerprint density at radius 3 is 2.65 bits per heavy atom. The molecule has 0 unspecified atom stereocenters. The van der Waals surface area contributed by atoms with Gasteiger partial charge in [0, 0.05) is 21.5 Å². The molecule has 1 N–H and O–H groups in total. The predicted molar refractivity (Wildman–Crippen MR) is 93.1 cm³/mol. The van der Waals surface area contributed by atoms with Crippen molar-refractivity contribution in [1.29, 1.82) is 0 Å². The van der Waals surface area contributed by atoms with E-state index in [0.29, 0.717) is 10.8 Å². The maximum Gasteiger partial charge on any atom is 0.277 e. The van der Waals surface area contributed by atoms with Crippen LogP contribution in [0.25, 0.3) is 11.3 Å². The molecule has 0 atom stereocenters. The number of carbonyl (C=O) groups excluding carboxylic acids is 1. The monoisotopic (exact) mass is 344 g/mol. The van der Waals surface area contributed by atoms with Crippen LogP contribution in [0.4, 0.5) is 5.69 Å². The van der Waals surface area contributed by atoms with Gasteiger partial charge in [-0.25, -0.2) is 0 Å². The third-order valence-corrected chi connectivity index (χ3v) is 4.27. The summed E-state index contributed by atoms with van der Waals surface area (Å²) in [7, 11) is 0. The molecular weight excluding hydrogens is 332 g/mol. The van der Waals surface area contributed by atoms with Gasteiger partial charge in [-0.05, 0) is 42.7 Å². The van der Waals surface area contributed by atoms with Crippen LogP contribution in [0.3, 0.4) is 0 Å². The normalized spacial score (nSPS) is 10.5. The third-order valence-electron chi connectivity index (χ3n) is 3.23. The molecule has 116 valence electrons. The number of hydrogen-bond donors (Lipinski definition) is 1. The van der Waals surface area contributed by atoms with Crippen molar-refractivity contribution >= 4 is 35.0 Å². The fourth-order valence-electron chi connectivity index (χ4n) is 2.07. The molecule has 3 rings (SSSR count). The molecule has 4 nitrogen and oxygen atoms in total. The van der Waals surface area contributed by atoms with E-state index in [0.717, 1.165) is 16.1 Å². The minimum Gasteiger partial charge on any atom is -0.355 e. The van der Waals surface area contributed by atoms with Crippen molar-refractivity contribution in [3.05, 3.63) is 65.3 Å². The van der Waals surface area contributed by atoms with Crippen molar-refractivity contribution in [3.8, 4) is 11.3 Å². The number of thioether (sulfide) groups is 1. The molecule has 0 aliphatic heterocycles. The first kappa shape index (κ1) is 15.6. The Labute approximate surface area is 142 Å². The lowest BCUT2D eigenvalue weighted by molar-refractivity contribution is 0.101. The van der Waals surface area contributed by atoms with E-state index in [-0.39, 0.29) is 11.6 Å². The standard InChI is InChI=1S/C17H13ClN2O2S/c1-23-16-5-3-2-4-13(16)19-17(21)14-10-15(22-20-14)11-6-8-12(18)9-7-11/h2-10H,1H3,(H,19,21). The highest BCUT2D eigenvalue weighted by Crippen LogP contribution is 2.26. The Hall–Kier alpha value is -2.24. The van der Waals surface area contributed by atoms with E-state index in [1.54, 1.807) is 30.0 Å². The van der Waals surface area contributed by atoms with Crippen LogP contribution in [-0.2, 0) is 0 Å². The van der Waals surface area contributed by atoms with Crippen LogP contribution in [0, 0.1) is 0 Å². The Morgan fingerprint density at radius 1 is 1.17 bits per heavy atom. The van der Waals surface area contributed by atoms with Crippen molar-refractivity contribution < 1.29 is 9.32 Å². The Balaban J connectivity index is 1.80. The zero-order valence-electron chi connectivity index (χ0n) is 12.2. The van der Waals surface area contributed by atoms with Crippen molar-refractivity contribution in [3.63, 3.8) is 0 Å². The average Bonchev–Trinajstić information content (AvgIpc) is 3.06. The van der Waals surface area contributed by atoms with E-state index in [4.69, 9.17) is 16.1 Å². The number of benzene rings is 2. The van der Waals surface area contributed by atoms with Crippen molar-refractivity contribution in [2.24, 2.45) is 0 Å². The quantitative estimate of drug-likeness (QED) is 0.679. The van der Waals surface area contributed by atoms with Gasteiger partial charge in [0.1, 0.15) is 0 Å². The largest absolute Gasteiger partial charge is 0.355 e. The number of aromatic nitrogens is 1. The van der Waals surface area contributed by atoms with Gasteiger partial charge in [0.15, 0.2) is 11.5 Å². The van der Waals surface area contributed by atoms with Gasteiger partial charge in [0.05, 0.1) is 5.69 Å². The maximum atomic E-state index is 12.3. The molecule has 0 saturated carbocycles. The number of para-hydroxylation sites is 1. The molecule has 0 fully saturated rings. The second-order valence-corrected chi connectivity index (χ2v) is 6.02. The van der Waals surface area contributed by atoms with Crippen LogP contribution in [0.15, 0.2) is 64.0 Å². The van der Waals surface area contributed by atoms with E-state index in [2.05, 4.69) is 10.5 Å². The number of carbonyl (C=O) groups is 1. The molecule has 0 bridgehead atoms. The lowest BCUT2D eigenvalue weighted by Crippen LogP contribution is -2.12. The first-order valence-electron chi connectivity index (χ1n) is 6.84. The van der Waals surface area contributed by atoms with Gasteiger partial charge >= 0.3 is 0 Å². The summed E-state index contributed by atoms with van der Waals surface area (Å²) in [5, 5.41) is 7.33. The average molecular weight is 345 g/mol. The van der Waals surface area contributed by atoms with E-state index < -0.39 is 0 Å². The lowest BCUT2D eigenvalue weighted by atomic mass is 10.1. The van der Waals surface area contributed by atoms with Gasteiger partial charge in [-0.1, -0.05) is 28.9 Å². The second kappa shape index (κ2) is 6.89. The first-order valence-corrected chi connectivity index (χ1v) is 8.44. The van der Waals surface area contributed by atoms with E-state index in [1.807, 2.05) is 42.7 Å². The van der Waals surface area contributed by atoms with Gasteiger partial charge in [-0.2, -0.15) is 0 Å². The Bertz CT molecular complexity index is 831. The third kappa shape index (κ3) is 3.57. The molecule has 2 aromatic carbocycles. The predicted octanol–water partition coefficient (Wildman–Crippen LogP) is 4.97. The Morgan fingerprint density at radius 2 is 1.91 bits per heavy atom. The first-order chi connectivity index (χ1) is 11.2. The zero-order chi connectivity index (χ0) is 16.2. The lowest BCUT2D eigenvalue weighted by Gasteiger charge is -2.07. The van der Waals surface area contributed by atoms with Crippen LogP contribution in [-0.4, -0.2) is 17.3 Å². The highest BCUT2D eigenvalue weighted by atomic mass is 35.5. The number of amides is 1. The SMILES string of the molecule is CSc1ccccc1NC(=O)c1cc(-c2ccc(Cl)cc2)on1. The highest BCUT2D eigenvalue weighted by Gasteiger charge is 2.15. The van der Waals surface area contributed by atoms with Crippen LogP contribution >= 0.6 is 23.4 Å². The minimum atomic E-state index is -0.310. The molecule has 0 aliphatic rings. The Kier molecular flexibility index (Phi) is 4.69. The zero-order valence-corrected chi connectivity index (χ0v) is 13.8. The summed E-state index contributed by atoms with van der Waals surface area (Å²) in [6, 6.07) is 16.3. The summed E-state index contributed by atoms with van der Waals surface area (Å²) in [5.74, 6) is 0.209. The minimum absolute atomic E-state index is 0.228. The molecule has 0 saturated heterocycles. The van der Waals surface area contributed by atoms with Crippen molar-refractivity contribution in [1.82, 2.24) is 5.16 Å². The molecule has 0 radical (unpaired) electrons. The van der Waals surface area contributed by atoms with Crippen LogP contribution in [0.2, 0.25) is 5.02 Å². The smallest absolute Gasteiger partial charge is 0.277 e. The highest BCUT2D eigenvalue weighted by molar-refractivity contribution is 7.98. The van der Waals surface area contributed by atoms with Gasteiger partial charge < -0.3 is 9.84 Å². The number of hydrogen-bond acceptors (Lipinski definition) is 4. The molecule has 0 spiro atoms. The number of nitrogens with zero attached hydrogens (tertiary/aromatic N) is 1. The second-order valence-electron chi connectivity index (χ2n) is 4.74. The van der Waals surface area contributed by atoms with Gasteiger partial charge in [-0.3, -0.25) is 4.79 Å². The molecule has 1 heterocycles. The van der Waals surface area contributed by atoms with Crippen molar-refractivity contribution in [2.75, 3.05) is 11.6 Å². The van der Waals surface area contributed by atoms with Crippen LogP contribution in [0.1, 0.15) is 10.5 Å². The van der Waals surface area contributed by atoms with Gasteiger partial charge in [-0.15, -0.1) is 11.8 Å². The van der Waals surface area contributed by atoms with E-state index in [9.17, 15) is 4.79 Å². The number of rotatable bonds is 4. The molecule has 1 aromatic heterocycles. The van der Waals surface area contributed by atoms with Gasteiger partial charge in [0.25, 0.3) is 5.91 Å². The fourth-order valence-corrected chi connectivity index (χ4v) is 2.75. The van der Waals surface area contributed by atoms with E-state index in [1.165, 1.54) is 0 Å². The molecule has 0 aliphatic carbocycles. The molecule has 6 heteroatoms. The number of halogens is 1. The van der Waals surface area contributed by atoms with Crippen LogP contribution < -0.4 is 5.32 Å². The summed E-state index contributed by atoms with van der Waals surface area (Å²) in [5.41, 5.74) is 1.79. The molecular formula is C17H13ClN2O2S. The van der Waals surface area contributed by atoms with E-state index >= 15 is 0 Å². The van der Waals surface area contributed by atoms with Gasteiger partial charge in [0.2, 0.25) is 0 Å². The maximum absolute atomic E-state index is 12.3. The summed E-state index contributed by atoms with van der Waals surface area (Å²) >= 11 is 7.43. The fraction of sp³-hybridized carbons (Fsp3) is 0.0588. The molecule has 3 aromatic rings. The molecule has 1 amide bonds. The summed E-state index contributed by atoms with van der Waals surface area (Å²) < 4.78 is 5.25. The molecule has 23 heavy (non-hydrogen) atoms. The number of nitrogens with one attached hydrogen (secondary N) is 1. The summed E-state index contributed by atoms with van der Waals surface area (Å²) in [4.78, 5) is 13.3. The summed E-state index contributed by atoms with van der Waals surface area (Å²) in [6.45, 7) is 0. The topological polar surface area (TPSA) is 55.1 Å². The van der Waals surface area contributed by atoms with Crippen LogP contribution in [0.5, 0.6) is 0 Å². The number of anilines is 1. The van der Waals surface area contributed by atoms with Crippen molar-refractivity contribution in [2.45, 2.75) is 4.90 Å². The summed E-state index contributed by atoms with van der Waals surface area (Å²) in [6.07, 6.45) is 1.96.